The molecule has 1 atom stereocenters. The lowest BCUT2D eigenvalue weighted by atomic mass is 10.2. The van der Waals surface area contributed by atoms with Crippen LogP contribution in [-0.4, -0.2) is 36.6 Å². The van der Waals surface area contributed by atoms with Crippen LogP contribution in [0.2, 0.25) is 0 Å². The highest BCUT2D eigenvalue weighted by Crippen LogP contribution is 2.16. The van der Waals surface area contributed by atoms with E-state index in [0.29, 0.717) is 6.04 Å². The summed E-state index contributed by atoms with van der Waals surface area (Å²) in [5, 5.41) is 3.53. The maximum Gasteiger partial charge on any atom is 0.0221 e. The molecule has 0 aliphatic carbocycles. The minimum absolute atomic E-state index is 0.629. The van der Waals surface area contributed by atoms with Crippen molar-refractivity contribution in [1.29, 1.82) is 0 Å². The summed E-state index contributed by atoms with van der Waals surface area (Å²) in [6.07, 6.45) is 4.07. The monoisotopic (exact) mass is 184 g/mol. The van der Waals surface area contributed by atoms with Crippen LogP contribution in [-0.2, 0) is 0 Å². The molecule has 1 heterocycles. The summed E-state index contributed by atoms with van der Waals surface area (Å²) in [7, 11) is 0. The van der Waals surface area contributed by atoms with Crippen molar-refractivity contribution in [3.8, 4) is 0 Å². The van der Waals surface area contributed by atoms with Crippen LogP contribution in [0.3, 0.4) is 0 Å². The van der Waals surface area contributed by atoms with Crippen LogP contribution >= 0.6 is 0 Å². The first-order chi connectivity index (χ1) is 6.24. The molecule has 0 amide bonds. The molecule has 0 aromatic carbocycles. The van der Waals surface area contributed by atoms with Gasteiger partial charge in [-0.2, -0.15) is 0 Å². The number of nitrogens with one attached hydrogen (secondary N) is 1. The predicted molar refractivity (Wildman–Crippen MR) is 58.0 cm³/mol. The van der Waals surface area contributed by atoms with E-state index in [1.807, 2.05) is 0 Å². The second kappa shape index (κ2) is 5.61. The highest BCUT2D eigenvalue weighted by molar-refractivity contribution is 4.80. The minimum Gasteiger partial charge on any atom is -0.313 e. The summed E-state index contributed by atoms with van der Waals surface area (Å²) >= 11 is 0. The molecule has 0 radical (unpaired) electrons. The fourth-order valence-corrected chi connectivity index (χ4v) is 2.08. The fraction of sp³-hybridized carbons (Fsp3) is 1.00. The number of rotatable bonds is 5. The Bertz CT molecular complexity index is 134. The highest BCUT2D eigenvalue weighted by Gasteiger charge is 2.22. The van der Waals surface area contributed by atoms with Gasteiger partial charge in [0.05, 0.1) is 0 Å². The van der Waals surface area contributed by atoms with E-state index < -0.39 is 0 Å². The third-order valence-electron chi connectivity index (χ3n) is 2.77. The Morgan fingerprint density at radius 1 is 1.46 bits per heavy atom. The number of nitrogens with zero attached hydrogens (tertiary/aromatic N) is 1. The van der Waals surface area contributed by atoms with E-state index in [2.05, 4.69) is 31.0 Å². The Kier molecular flexibility index (Phi) is 4.74. The van der Waals surface area contributed by atoms with Crippen molar-refractivity contribution in [2.24, 2.45) is 0 Å². The molecule has 0 aromatic heterocycles. The minimum atomic E-state index is 0.629. The first kappa shape index (κ1) is 11.0. The van der Waals surface area contributed by atoms with Crippen LogP contribution < -0.4 is 5.32 Å². The van der Waals surface area contributed by atoms with Gasteiger partial charge in [-0.3, -0.25) is 4.90 Å². The maximum atomic E-state index is 3.53. The van der Waals surface area contributed by atoms with Gasteiger partial charge >= 0.3 is 0 Å². The third-order valence-corrected chi connectivity index (χ3v) is 2.77. The summed E-state index contributed by atoms with van der Waals surface area (Å²) < 4.78 is 0. The van der Waals surface area contributed by atoms with E-state index >= 15 is 0 Å². The highest BCUT2D eigenvalue weighted by atomic mass is 15.2. The van der Waals surface area contributed by atoms with E-state index in [9.17, 15) is 0 Å². The molecular weight excluding hydrogens is 160 g/mol. The summed E-state index contributed by atoms with van der Waals surface area (Å²) in [5.74, 6) is 0. The Balaban J connectivity index is 2.22. The van der Waals surface area contributed by atoms with Crippen molar-refractivity contribution in [3.63, 3.8) is 0 Å². The van der Waals surface area contributed by atoms with Crippen molar-refractivity contribution in [1.82, 2.24) is 10.2 Å². The zero-order valence-electron chi connectivity index (χ0n) is 9.34. The van der Waals surface area contributed by atoms with E-state index in [0.717, 1.165) is 6.04 Å². The van der Waals surface area contributed by atoms with Crippen LogP contribution in [0.1, 0.15) is 40.0 Å². The first-order valence-corrected chi connectivity index (χ1v) is 5.71. The summed E-state index contributed by atoms with van der Waals surface area (Å²) in [5.41, 5.74) is 0. The van der Waals surface area contributed by atoms with Crippen molar-refractivity contribution < 1.29 is 0 Å². The Hall–Kier alpha value is -0.0800. The van der Waals surface area contributed by atoms with Crippen molar-refractivity contribution in [2.75, 3.05) is 19.6 Å². The van der Waals surface area contributed by atoms with Gasteiger partial charge in [-0.25, -0.2) is 0 Å². The van der Waals surface area contributed by atoms with Gasteiger partial charge in [0.1, 0.15) is 0 Å². The van der Waals surface area contributed by atoms with Crippen molar-refractivity contribution in [2.45, 2.75) is 52.1 Å². The average molecular weight is 184 g/mol. The molecule has 2 nitrogen and oxygen atoms in total. The molecule has 78 valence electrons. The summed E-state index contributed by atoms with van der Waals surface area (Å²) in [6, 6.07) is 1.44. The van der Waals surface area contributed by atoms with E-state index in [1.54, 1.807) is 0 Å². The molecule has 1 N–H and O–H groups in total. The molecule has 1 aliphatic rings. The second-order valence-electron chi connectivity index (χ2n) is 4.39. The van der Waals surface area contributed by atoms with Crippen LogP contribution in [0.15, 0.2) is 0 Å². The summed E-state index contributed by atoms with van der Waals surface area (Å²) in [4.78, 5) is 2.63. The molecule has 1 aliphatic heterocycles. The summed E-state index contributed by atoms with van der Waals surface area (Å²) in [6.45, 7) is 10.5. The lowest BCUT2D eigenvalue weighted by Gasteiger charge is -2.25. The van der Waals surface area contributed by atoms with Gasteiger partial charge in [-0.05, 0) is 32.4 Å². The molecular formula is C11H24N2. The van der Waals surface area contributed by atoms with Crippen LogP contribution in [0.4, 0.5) is 0 Å². The zero-order valence-corrected chi connectivity index (χ0v) is 9.34. The fourth-order valence-electron chi connectivity index (χ4n) is 2.08. The lowest BCUT2D eigenvalue weighted by molar-refractivity contribution is 0.244. The largest absolute Gasteiger partial charge is 0.313 e. The second-order valence-corrected chi connectivity index (χ2v) is 4.39. The SMILES string of the molecule is CCCN1CCCC1CNC(C)C. The van der Waals surface area contributed by atoms with E-state index in [-0.39, 0.29) is 0 Å². The zero-order chi connectivity index (χ0) is 9.68. The third kappa shape index (κ3) is 3.65. The standard InChI is InChI=1S/C11H24N2/c1-4-7-13-8-5-6-11(13)9-12-10(2)3/h10-12H,4-9H2,1-3H3. The number of hydrogen-bond acceptors (Lipinski definition) is 2. The quantitative estimate of drug-likeness (QED) is 0.701. The molecule has 0 saturated carbocycles. The molecule has 1 fully saturated rings. The molecule has 1 rings (SSSR count). The molecule has 0 aromatic rings. The Labute approximate surface area is 82.7 Å². The topological polar surface area (TPSA) is 15.3 Å². The maximum absolute atomic E-state index is 3.53. The van der Waals surface area contributed by atoms with Crippen molar-refractivity contribution >= 4 is 0 Å². The number of likely N-dealkylation sites (tertiary alicyclic amines) is 1. The van der Waals surface area contributed by atoms with Gasteiger partial charge in [0.25, 0.3) is 0 Å². The molecule has 1 unspecified atom stereocenters. The first-order valence-electron chi connectivity index (χ1n) is 5.71. The molecule has 13 heavy (non-hydrogen) atoms. The van der Waals surface area contributed by atoms with Gasteiger partial charge in [-0.1, -0.05) is 20.8 Å². The molecule has 0 bridgehead atoms. The van der Waals surface area contributed by atoms with Gasteiger partial charge in [0.2, 0.25) is 0 Å². The van der Waals surface area contributed by atoms with Crippen LogP contribution in [0, 0.1) is 0 Å². The van der Waals surface area contributed by atoms with Gasteiger partial charge < -0.3 is 5.32 Å². The van der Waals surface area contributed by atoms with Crippen LogP contribution in [0.25, 0.3) is 0 Å². The van der Waals surface area contributed by atoms with Gasteiger partial charge in [-0.15, -0.1) is 0 Å². The van der Waals surface area contributed by atoms with Crippen LogP contribution in [0.5, 0.6) is 0 Å². The average Bonchev–Trinajstić information content (AvgIpc) is 2.49. The van der Waals surface area contributed by atoms with Gasteiger partial charge in [0.15, 0.2) is 0 Å². The van der Waals surface area contributed by atoms with E-state index in [1.165, 1.54) is 38.9 Å². The molecule has 2 heteroatoms. The molecule has 1 saturated heterocycles. The smallest absolute Gasteiger partial charge is 0.0221 e. The Morgan fingerprint density at radius 3 is 2.85 bits per heavy atom. The predicted octanol–water partition coefficient (Wildman–Crippen LogP) is 1.86. The van der Waals surface area contributed by atoms with E-state index in [4.69, 9.17) is 0 Å². The lowest BCUT2D eigenvalue weighted by Crippen LogP contribution is -2.40. The van der Waals surface area contributed by atoms with Crippen molar-refractivity contribution in [3.05, 3.63) is 0 Å². The van der Waals surface area contributed by atoms with Gasteiger partial charge in [0, 0.05) is 18.6 Å². The number of hydrogen-bond donors (Lipinski definition) is 1. The molecule has 0 spiro atoms. The Morgan fingerprint density at radius 2 is 2.23 bits per heavy atom. The normalized spacial score (nSPS) is 24.5.